The summed E-state index contributed by atoms with van der Waals surface area (Å²) < 4.78 is 2.00. The van der Waals surface area contributed by atoms with E-state index in [0.29, 0.717) is 18.5 Å². The van der Waals surface area contributed by atoms with Gasteiger partial charge in [0.1, 0.15) is 0 Å². The summed E-state index contributed by atoms with van der Waals surface area (Å²) in [5, 5.41) is 0. The van der Waals surface area contributed by atoms with Gasteiger partial charge in [0, 0.05) is 45.1 Å². The predicted molar refractivity (Wildman–Crippen MR) is 104 cm³/mol. The first kappa shape index (κ1) is 17.3. The summed E-state index contributed by atoms with van der Waals surface area (Å²) in [5.41, 5.74) is 4.12. The Morgan fingerprint density at radius 2 is 1.92 bits per heavy atom. The number of carbonyl (C=O) groups excluding carboxylic acids is 1. The zero-order valence-electron chi connectivity index (χ0n) is 15.9. The summed E-state index contributed by atoms with van der Waals surface area (Å²) in [6.45, 7) is 2.17. The molecule has 2 heterocycles. The van der Waals surface area contributed by atoms with Gasteiger partial charge in [-0.2, -0.15) is 0 Å². The van der Waals surface area contributed by atoms with Gasteiger partial charge in [0.25, 0.3) is 0 Å². The Hall–Kier alpha value is -2.07. The van der Waals surface area contributed by atoms with Crippen molar-refractivity contribution >= 4 is 5.91 Å². The first-order valence-electron chi connectivity index (χ1n) is 9.77. The fourth-order valence-electron chi connectivity index (χ4n) is 4.59. The summed E-state index contributed by atoms with van der Waals surface area (Å²) in [5.74, 6) is 0.234. The highest BCUT2D eigenvalue weighted by Crippen LogP contribution is 2.28. The number of likely N-dealkylation sites (N-methyl/N-ethyl adjacent to an activating group) is 1. The van der Waals surface area contributed by atoms with Gasteiger partial charge in [-0.05, 0) is 55.0 Å². The van der Waals surface area contributed by atoms with E-state index in [2.05, 4.69) is 29.2 Å². The fraction of sp³-hybridized carbons (Fsp3) is 0.500. The molecule has 1 amide bonds. The summed E-state index contributed by atoms with van der Waals surface area (Å²) in [4.78, 5) is 17.4. The standard InChI is InChI=1S/C22H29N3O/c1-23-11-9-17(15-23)12-22(26)24(2)20-8-5-10-25(16-20)21-13-18-6-3-4-7-19(18)14-21/h3-4,6-7,9,11,15,20-21H,5,8,10,12-14,16H2,1-2H3. The lowest BCUT2D eigenvalue weighted by molar-refractivity contribution is -0.132. The van der Waals surface area contributed by atoms with E-state index in [1.165, 1.54) is 17.5 Å². The Morgan fingerprint density at radius 3 is 2.58 bits per heavy atom. The van der Waals surface area contributed by atoms with Crippen LogP contribution in [-0.4, -0.2) is 52.5 Å². The summed E-state index contributed by atoms with van der Waals surface area (Å²) in [6.07, 6.45) is 9.16. The van der Waals surface area contributed by atoms with Crippen LogP contribution in [0.1, 0.15) is 29.5 Å². The van der Waals surface area contributed by atoms with E-state index in [9.17, 15) is 4.79 Å². The van der Waals surface area contributed by atoms with Crippen LogP contribution in [0.3, 0.4) is 0 Å². The SMILES string of the molecule is CN(C(=O)Cc1ccn(C)c1)C1CCCN(C2Cc3ccccc3C2)C1. The van der Waals surface area contributed by atoms with Gasteiger partial charge in [-0.1, -0.05) is 24.3 Å². The number of fused-ring (bicyclic) bond motifs is 1. The molecule has 1 aromatic heterocycles. The topological polar surface area (TPSA) is 28.5 Å². The molecule has 1 fully saturated rings. The van der Waals surface area contributed by atoms with E-state index < -0.39 is 0 Å². The van der Waals surface area contributed by atoms with Crippen LogP contribution in [0.5, 0.6) is 0 Å². The van der Waals surface area contributed by atoms with Gasteiger partial charge >= 0.3 is 0 Å². The molecular formula is C22H29N3O. The van der Waals surface area contributed by atoms with Gasteiger partial charge < -0.3 is 9.47 Å². The summed E-state index contributed by atoms with van der Waals surface area (Å²) in [6, 6.07) is 11.8. The highest BCUT2D eigenvalue weighted by molar-refractivity contribution is 5.78. The Bertz CT molecular complexity index is 756. The van der Waals surface area contributed by atoms with Gasteiger partial charge in [0.05, 0.1) is 6.42 Å². The molecule has 0 bridgehead atoms. The number of rotatable bonds is 4. The third-order valence-corrected chi connectivity index (χ3v) is 6.16. The Morgan fingerprint density at radius 1 is 1.19 bits per heavy atom. The molecule has 138 valence electrons. The third kappa shape index (κ3) is 3.56. The van der Waals surface area contributed by atoms with Crippen molar-refractivity contribution in [3.8, 4) is 0 Å². The van der Waals surface area contributed by atoms with Crippen LogP contribution in [0.4, 0.5) is 0 Å². The first-order valence-corrected chi connectivity index (χ1v) is 9.77. The average Bonchev–Trinajstić information content (AvgIpc) is 3.27. The maximum atomic E-state index is 12.7. The van der Waals surface area contributed by atoms with E-state index in [4.69, 9.17) is 0 Å². The number of nitrogens with zero attached hydrogens (tertiary/aromatic N) is 3. The maximum Gasteiger partial charge on any atom is 0.227 e. The number of aryl methyl sites for hydroxylation is 1. The van der Waals surface area contributed by atoms with Crippen molar-refractivity contribution in [2.45, 2.75) is 44.2 Å². The molecule has 1 unspecified atom stereocenters. The Balaban J connectivity index is 1.36. The largest absolute Gasteiger partial charge is 0.357 e. The highest BCUT2D eigenvalue weighted by atomic mass is 16.2. The van der Waals surface area contributed by atoms with E-state index >= 15 is 0 Å². The van der Waals surface area contributed by atoms with Crippen molar-refractivity contribution < 1.29 is 4.79 Å². The lowest BCUT2D eigenvalue weighted by Crippen LogP contribution is -2.52. The molecule has 4 heteroatoms. The minimum absolute atomic E-state index is 0.234. The second kappa shape index (κ2) is 7.28. The van der Waals surface area contributed by atoms with Crippen LogP contribution >= 0.6 is 0 Å². The predicted octanol–water partition coefficient (Wildman–Crippen LogP) is 2.66. The van der Waals surface area contributed by atoms with Crippen molar-refractivity contribution in [1.82, 2.24) is 14.4 Å². The number of aromatic nitrogens is 1. The number of amides is 1. The number of benzene rings is 1. The molecule has 1 aromatic carbocycles. The number of likely N-dealkylation sites (tertiary alicyclic amines) is 1. The molecule has 1 aliphatic carbocycles. The molecule has 1 atom stereocenters. The average molecular weight is 351 g/mol. The third-order valence-electron chi connectivity index (χ3n) is 6.16. The molecular weight excluding hydrogens is 322 g/mol. The molecule has 4 rings (SSSR count). The van der Waals surface area contributed by atoms with E-state index in [-0.39, 0.29) is 5.91 Å². The maximum absolute atomic E-state index is 12.7. The second-order valence-electron chi connectivity index (χ2n) is 7.99. The van der Waals surface area contributed by atoms with Gasteiger partial charge in [0.2, 0.25) is 5.91 Å². The van der Waals surface area contributed by atoms with Crippen molar-refractivity contribution in [1.29, 1.82) is 0 Å². The van der Waals surface area contributed by atoms with Crippen LogP contribution in [0.25, 0.3) is 0 Å². The number of carbonyl (C=O) groups is 1. The molecule has 1 saturated heterocycles. The summed E-state index contributed by atoms with van der Waals surface area (Å²) >= 11 is 0. The first-order chi connectivity index (χ1) is 12.6. The molecule has 2 aromatic rings. The molecule has 1 aliphatic heterocycles. The van der Waals surface area contributed by atoms with Crippen molar-refractivity contribution in [3.05, 3.63) is 59.4 Å². The minimum Gasteiger partial charge on any atom is -0.357 e. The molecule has 0 spiro atoms. The normalized spacial score (nSPS) is 20.9. The van der Waals surface area contributed by atoms with Gasteiger partial charge in [-0.3, -0.25) is 9.69 Å². The monoisotopic (exact) mass is 351 g/mol. The number of hydrogen-bond donors (Lipinski definition) is 0. The Labute approximate surface area is 156 Å². The smallest absolute Gasteiger partial charge is 0.227 e. The van der Waals surface area contributed by atoms with Gasteiger partial charge in [-0.15, -0.1) is 0 Å². The second-order valence-corrected chi connectivity index (χ2v) is 7.99. The van der Waals surface area contributed by atoms with Crippen LogP contribution in [-0.2, 0) is 31.1 Å². The molecule has 26 heavy (non-hydrogen) atoms. The molecule has 2 aliphatic rings. The lowest BCUT2D eigenvalue weighted by atomic mass is 10.0. The molecule has 4 nitrogen and oxygen atoms in total. The molecule has 0 radical (unpaired) electrons. The van der Waals surface area contributed by atoms with Crippen LogP contribution in [0.2, 0.25) is 0 Å². The minimum atomic E-state index is 0.234. The highest BCUT2D eigenvalue weighted by Gasteiger charge is 2.32. The lowest BCUT2D eigenvalue weighted by Gasteiger charge is -2.40. The van der Waals surface area contributed by atoms with Crippen molar-refractivity contribution in [3.63, 3.8) is 0 Å². The van der Waals surface area contributed by atoms with Crippen molar-refractivity contribution in [2.75, 3.05) is 20.1 Å². The van der Waals surface area contributed by atoms with Gasteiger partial charge in [0.15, 0.2) is 0 Å². The quantitative estimate of drug-likeness (QED) is 0.847. The number of piperidine rings is 1. The number of hydrogen-bond acceptors (Lipinski definition) is 2. The van der Waals surface area contributed by atoms with Crippen LogP contribution in [0, 0.1) is 0 Å². The Kier molecular flexibility index (Phi) is 4.86. The van der Waals surface area contributed by atoms with Crippen molar-refractivity contribution in [2.24, 2.45) is 7.05 Å². The van der Waals surface area contributed by atoms with Gasteiger partial charge in [-0.25, -0.2) is 0 Å². The van der Waals surface area contributed by atoms with E-state index in [1.807, 2.05) is 42.0 Å². The van der Waals surface area contributed by atoms with Crippen LogP contribution < -0.4 is 0 Å². The van der Waals surface area contributed by atoms with Crippen LogP contribution in [0.15, 0.2) is 42.7 Å². The zero-order chi connectivity index (χ0) is 18.1. The molecule has 0 N–H and O–H groups in total. The van der Waals surface area contributed by atoms with E-state index in [0.717, 1.165) is 37.9 Å². The fourth-order valence-corrected chi connectivity index (χ4v) is 4.59. The van der Waals surface area contributed by atoms with E-state index in [1.54, 1.807) is 0 Å². The summed E-state index contributed by atoms with van der Waals surface area (Å²) in [7, 11) is 3.99. The molecule has 0 saturated carbocycles. The zero-order valence-corrected chi connectivity index (χ0v) is 15.9.